The van der Waals surface area contributed by atoms with Gasteiger partial charge in [-0.05, 0) is 12.2 Å². The van der Waals surface area contributed by atoms with Crippen molar-refractivity contribution >= 4 is 34.3 Å². The molecule has 0 amide bonds. The summed E-state index contributed by atoms with van der Waals surface area (Å²) in [6.45, 7) is 1.97. The molecule has 1 aliphatic heterocycles. The van der Waals surface area contributed by atoms with E-state index in [1.54, 1.807) is 0 Å². The Labute approximate surface area is 58.4 Å². The summed E-state index contributed by atoms with van der Waals surface area (Å²) in [7, 11) is 0. The van der Waals surface area contributed by atoms with Gasteiger partial charge in [0.1, 0.15) is 0 Å². The van der Waals surface area contributed by atoms with Gasteiger partial charge in [0, 0.05) is 13.1 Å². The fraction of sp³-hybridized carbons (Fsp3) is 0.667. The standard InChI is InChI=1S/C3H6N2S.BrH/c6-3-4-1-2-5-3;/h1-2H2,(H2,4,5,6);1H. The number of thiocarbonyl (C=S) groups is 1. The van der Waals surface area contributed by atoms with E-state index in [1.807, 2.05) is 0 Å². The summed E-state index contributed by atoms with van der Waals surface area (Å²) in [4.78, 5) is 0. The molecule has 0 atom stereocenters. The molecule has 0 saturated carbocycles. The Morgan fingerprint density at radius 3 is 1.86 bits per heavy atom. The summed E-state index contributed by atoms with van der Waals surface area (Å²) in [6.07, 6.45) is 0. The average molecular weight is 183 g/mol. The highest BCUT2D eigenvalue weighted by molar-refractivity contribution is 8.93. The highest BCUT2D eigenvalue weighted by Crippen LogP contribution is 1.71. The molecule has 4 heteroatoms. The lowest BCUT2D eigenvalue weighted by Gasteiger charge is -1.85. The largest absolute Gasteiger partial charge is 0.361 e. The van der Waals surface area contributed by atoms with E-state index in [0.29, 0.717) is 0 Å². The van der Waals surface area contributed by atoms with Gasteiger partial charge in [-0.1, -0.05) is 0 Å². The number of nitrogens with one attached hydrogen (secondary N) is 2. The molecule has 1 aliphatic rings. The molecule has 0 aliphatic carbocycles. The molecule has 7 heavy (non-hydrogen) atoms. The predicted octanol–water partition coefficient (Wildman–Crippen LogP) is 0.0420. The third-order valence-electron chi connectivity index (χ3n) is 0.696. The molecule has 1 fully saturated rings. The average Bonchev–Trinajstić information content (AvgIpc) is 1.86. The van der Waals surface area contributed by atoms with E-state index in [9.17, 15) is 0 Å². The van der Waals surface area contributed by atoms with Crippen LogP contribution in [0.1, 0.15) is 0 Å². The SMILES string of the molecule is Br.S=C1NCCN1. The lowest BCUT2D eigenvalue weighted by molar-refractivity contribution is 0.942. The van der Waals surface area contributed by atoms with Gasteiger partial charge in [-0.15, -0.1) is 17.0 Å². The first kappa shape index (κ1) is 7.17. The van der Waals surface area contributed by atoms with Crippen LogP contribution in [0.4, 0.5) is 0 Å². The van der Waals surface area contributed by atoms with Crippen LogP contribution in [-0.2, 0) is 0 Å². The molecular formula is C3H7BrN2S. The van der Waals surface area contributed by atoms with Crippen LogP contribution in [0.2, 0.25) is 0 Å². The third kappa shape index (κ3) is 2.09. The van der Waals surface area contributed by atoms with E-state index in [0.717, 1.165) is 18.2 Å². The minimum Gasteiger partial charge on any atom is -0.361 e. The van der Waals surface area contributed by atoms with E-state index < -0.39 is 0 Å². The molecule has 1 heterocycles. The maximum Gasteiger partial charge on any atom is 0.166 e. The Kier molecular flexibility index (Phi) is 3.29. The van der Waals surface area contributed by atoms with Crippen LogP contribution >= 0.6 is 29.2 Å². The van der Waals surface area contributed by atoms with Gasteiger partial charge < -0.3 is 10.6 Å². The molecule has 2 nitrogen and oxygen atoms in total. The van der Waals surface area contributed by atoms with Gasteiger partial charge in [0.15, 0.2) is 5.11 Å². The fourth-order valence-electron chi connectivity index (χ4n) is 0.415. The second-order valence-electron chi connectivity index (χ2n) is 1.18. The fourth-order valence-corrected chi connectivity index (χ4v) is 0.619. The summed E-state index contributed by atoms with van der Waals surface area (Å²) in [5, 5.41) is 6.67. The Morgan fingerprint density at radius 2 is 1.71 bits per heavy atom. The summed E-state index contributed by atoms with van der Waals surface area (Å²) in [5.74, 6) is 0. The summed E-state index contributed by atoms with van der Waals surface area (Å²) >= 11 is 4.70. The van der Waals surface area contributed by atoms with Gasteiger partial charge in [0.05, 0.1) is 0 Å². The van der Waals surface area contributed by atoms with Crippen molar-refractivity contribution in [3.8, 4) is 0 Å². The first-order valence-electron chi connectivity index (χ1n) is 1.91. The molecule has 42 valence electrons. The summed E-state index contributed by atoms with van der Waals surface area (Å²) in [5.41, 5.74) is 0. The van der Waals surface area contributed by atoms with Gasteiger partial charge >= 0.3 is 0 Å². The maximum atomic E-state index is 4.70. The van der Waals surface area contributed by atoms with E-state index >= 15 is 0 Å². The normalized spacial score (nSPS) is 16.9. The minimum atomic E-state index is 0. The van der Waals surface area contributed by atoms with E-state index in [-0.39, 0.29) is 17.0 Å². The molecule has 1 saturated heterocycles. The van der Waals surface area contributed by atoms with Gasteiger partial charge in [-0.2, -0.15) is 0 Å². The zero-order valence-corrected chi connectivity index (χ0v) is 6.26. The van der Waals surface area contributed by atoms with Gasteiger partial charge in [-0.25, -0.2) is 0 Å². The number of halogens is 1. The lowest BCUT2D eigenvalue weighted by Crippen LogP contribution is -2.19. The highest BCUT2D eigenvalue weighted by atomic mass is 79.9. The summed E-state index contributed by atoms with van der Waals surface area (Å²) in [6, 6.07) is 0. The lowest BCUT2D eigenvalue weighted by atomic mass is 10.7. The Balaban J connectivity index is 0.000000360. The molecule has 2 N–H and O–H groups in total. The monoisotopic (exact) mass is 182 g/mol. The second kappa shape index (κ2) is 3.21. The molecular weight excluding hydrogens is 176 g/mol. The molecule has 0 radical (unpaired) electrons. The van der Waals surface area contributed by atoms with Crippen LogP contribution in [0.3, 0.4) is 0 Å². The van der Waals surface area contributed by atoms with Crippen LogP contribution in [0.15, 0.2) is 0 Å². The van der Waals surface area contributed by atoms with Crippen molar-refractivity contribution in [2.45, 2.75) is 0 Å². The Morgan fingerprint density at radius 1 is 1.29 bits per heavy atom. The van der Waals surface area contributed by atoms with Crippen LogP contribution in [0, 0.1) is 0 Å². The molecule has 1 rings (SSSR count). The topological polar surface area (TPSA) is 24.1 Å². The highest BCUT2D eigenvalue weighted by Gasteiger charge is 1.98. The number of rotatable bonds is 0. The van der Waals surface area contributed by atoms with Crippen molar-refractivity contribution in [1.29, 1.82) is 0 Å². The van der Waals surface area contributed by atoms with Crippen LogP contribution in [0.25, 0.3) is 0 Å². The first-order chi connectivity index (χ1) is 2.89. The smallest absolute Gasteiger partial charge is 0.166 e. The Hall–Kier alpha value is 0.170. The van der Waals surface area contributed by atoms with Crippen LogP contribution in [0.5, 0.6) is 0 Å². The van der Waals surface area contributed by atoms with E-state index in [2.05, 4.69) is 10.6 Å². The van der Waals surface area contributed by atoms with Gasteiger partial charge in [0.25, 0.3) is 0 Å². The minimum absolute atomic E-state index is 0. The van der Waals surface area contributed by atoms with Crippen LogP contribution in [-0.4, -0.2) is 18.2 Å². The number of hydrogen-bond acceptors (Lipinski definition) is 1. The van der Waals surface area contributed by atoms with Crippen molar-refractivity contribution in [3.05, 3.63) is 0 Å². The summed E-state index contributed by atoms with van der Waals surface area (Å²) < 4.78 is 0. The van der Waals surface area contributed by atoms with Crippen molar-refractivity contribution in [1.82, 2.24) is 10.6 Å². The van der Waals surface area contributed by atoms with Crippen molar-refractivity contribution < 1.29 is 0 Å². The molecule has 0 unspecified atom stereocenters. The first-order valence-corrected chi connectivity index (χ1v) is 2.32. The quantitative estimate of drug-likeness (QED) is 0.518. The zero-order valence-electron chi connectivity index (χ0n) is 3.73. The van der Waals surface area contributed by atoms with Crippen LogP contribution < -0.4 is 10.6 Å². The van der Waals surface area contributed by atoms with E-state index in [1.165, 1.54) is 0 Å². The second-order valence-corrected chi connectivity index (χ2v) is 1.59. The van der Waals surface area contributed by atoms with Gasteiger partial charge in [0.2, 0.25) is 0 Å². The molecule has 0 aromatic heterocycles. The zero-order chi connectivity index (χ0) is 4.41. The molecule has 0 spiro atoms. The molecule has 0 bridgehead atoms. The maximum absolute atomic E-state index is 4.70. The molecule has 0 aromatic rings. The van der Waals surface area contributed by atoms with Gasteiger partial charge in [-0.3, -0.25) is 0 Å². The third-order valence-corrected chi connectivity index (χ3v) is 0.985. The predicted molar refractivity (Wildman–Crippen MR) is 38.9 cm³/mol. The Bertz CT molecular complexity index is 67.3. The van der Waals surface area contributed by atoms with Crippen molar-refractivity contribution in [3.63, 3.8) is 0 Å². The number of hydrogen-bond donors (Lipinski definition) is 2. The van der Waals surface area contributed by atoms with Crippen molar-refractivity contribution in [2.75, 3.05) is 13.1 Å². The van der Waals surface area contributed by atoms with Crippen molar-refractivity contribution in [2.24, 2.45) is 0 Å². The van der Waals surface area contributed by atoms with E-state index in [4.69, 9.17) is 12.2 Å². The molecule has 0 aromatic carbocycles.